The van der Waals surface area contributed by atoms with Crippen molar-refractivity contribution in [3.8, 4) is 5.75 Å². The summed E-state index contributed by atoms with van der Waals surface area (Å²) in [6.45, 7) is 2.87. The average Bonchev–Trinajstić information content (AvgIpc) is 3.02. The molecule has 1 heterocycles. The third-order valence-corrected chi connectivity index (χ3v) is 7.02. The molecule has 2 unspecified atom stereocenters. The average molecular weight is 442 g/mol. The van der Waals surface area contributed by atoms with Crippen molar-refractivity contribution in [1.29, 1.82) is 0 Å². The maximum absolute atomic E-state index is 6.53. The van der Waals surface area contributed by atoms with E-state index in [0.717, 1.165) is 47.3 Å². The highest BCUT2D eigenvalue weighted by atomic mass is 79.9. The predicted molar refractivity (Wildman–Crippen MR) is 110 cm³/mol. The molecule has 2 N–H and O–H groups in total. The monoisotopic (exact) mass is 440 g/mol. The second-order valence-corrected chi connectivity index (χ2v) is 9.23. The van der Waals surface area contributed by atoms with E-state index in [1.165, 1.54) is 5.56 Å². The van der Waals surface area contributed by atoms with Crippen LogP contribution in [0.5, 0.6) is 5.75 Å². The normalized spacial score (nSPS) is 19.1. The third-order valence-electron chi connectivity index (χ3n) is 4.36. The summed E-state index contributed by atoms with van der Waals surface area (Å²) in [5.41, 5.74) is 8.38. The first-order valence-corrected chi connectivity index (χ1v) is 10.4. The van der Waals surface area contributed by atoms with Gasteiger partial charge in [0.05, 0.1) is 16.3 Å². The van der Waals surface area contributed by atoms with Crippen LogP contribution in [0.2, 0.25) is 5.02 Å². The number of benzene rings is 2. The molecule has 25 heavy (non-hydrogen) atoms. The first-order valence-electron chi connectivity index (χ1n) is 8.27. The SMILES string of the molecule is COc1ccccc1C(Br)Sc1c(Cl)cccc1CN1CCC(N)C1. The first-order chi connectivity index (χ1) is 12.1. The van der Waals surface area contributed by atoms with Gasteiger partial charge in [-0.3, -0.25) is 4.90 Å². The van der Waals surface area contributed by atoms with Gasteiger partial charge in [0.15, 0.2) is 0 Å². The van der Waals surface area contributed by atoms with Crippen molar-refractivity contribution < 1.29 is 4.74 Å². The predicted octanol–water partition coefficient (Wildman–Crippen LogP) is 5.07. The van der Waals surface area contributed by atoms with Gasteiger partial charge in [0.1, 0.15) is 5.75 Å². The van der Waals surface area contributed by atoms with Crippen molar-refractivity contribution >= 4 is 39.3 Å². The summed E-state index contributed by atoms with van der Waals surface area (Å²) in [6.07, 6.45) is 1.06. The van der Waals surface area contributed by atoms with E-state index in [-0.39, 0.29) is 10.2 Å². The lowest BCUT2D eigenvalue weighted by molar-refractivity contribution is 0.324. The molecule has 0 radical (unpaired) electrons. The first kappa shape index (κ1) is 19.1. The van der Waals surface area contributed by atoms with E-state index < -0.39 is 0 Å². The number of alkyl halides is 1. The van der Waals surface area contributed by atoms with Gasteiger partial charge in [0.25, 0.3) is 0 Å². The van der Waals surface area contributed by atoms with Gasteiger partial charge in [-0.25, -0.2) is 0 Å². The summed E-state index contributed by atoms with van der Waals surface area (Å²) in [4.78, 5) is 3.50. The number of thioether (sulfide) groups is 1. The molecule has 1 saturated heterocycles. The maximum atomic E-state index is 6.53. The highest BCUT2D eigenvalue weighted by Gasteiger charge is 2.22. The van der Waals surface area contributed by atoms with Gasteiger partial charge in [0.2, 0.25) is 0 Å². The molecule has 0 aliphatic carbocycles. The highest BCUT2D eigenvalue weighted by Crippen LogP contribution is 2.47. The number of rotatable bonds is 6. The van der Waals surface area contributed by atoms with Crippen molar-refractivity contribution in [3.05, 3.63) is 58.6 Å². The Bertz CT molecular complexity index is 730. The van der Waals surface area contributed by atoms with Crippen LogP contribution in [0.15, 0.2) is 47.4 Å². The van der Waals surface area contributed by atoms with Gasteiger partial charge in [-0.1, -0.05) is 57.9 Å². The van der Waals surface area contributed by atoms with Crippen LogP contribution in [0, 0.1) is 0 Å². The maximum Gasteiger partial charge on any atom is 0.124 e. The largest absolute Gasteiger partial charge is 0.496 e. The Morgan fingerprint density at radius 1 is 1.32 bits per heavy atom. The Balaban J connectivity index is 1.81. The number of nitrogens with two attached hydrogens (primary N) is 1. The van der Waals surface area contributed by atoms with Gasteiger partial charge in [0, 0.05) is 36.1 Å². The van der Waals surface area contributed by atoms with Crippen molar-refractivity contribution in [2.45, 2.75) is 28.1 Å². The smallest absolute Gasteiger partial charge is 0.124 e. The van der Waals surface area contributed by atoms with Gasteiger partial charge < -0.3 is 10.5 Å². The van der Waals surface area contributed by atoms with Crippen LogP contribution in [-0.4, -0.2) is 31.1 Å². The van der Waals surface area contributed by atoms with Gasteiger partial charge in [-0.2, -0.15) is 0 Å². The van der Waals surface area contributed by atoms with Gasteiger partial charge >= 0.3 is 0 Å². The van der Waals surface area contributed by atoms with Crippen LogP contribution < -0.4 is 10.5 Å². The lowest BCUT2D eigenvalue weighted by atomic mass is 10.2. The molecule has 2 aromatic rings. The van der Waals surface area contributed by atoms with Crippen LogP contribution >= 0.6 is 39.3 Å². The fourth-order valence-electron chi connectivity index (χ4n) is 3.08. The van der Waals surface area contributed by atoms with Crippen LogP contribution in [0.25, 0.3) is 0 Å². The van der Waals surface area contributed by atoms with E-state index in [1.807, 2.05) is 30.3 Å². The van der Waals surface area contributed by atoms with Crippen molar-refractivity contribution in [2.24, 2.45) is 5.73 Å². The number of nitrogens with zero attached hydrogens (tertiary/aromatic N) is 1. The van der Waals surface area contributed by atoms with E-state index >= 15 is 0 Å². The molecule has 6 heteroatoms. The Hall–Kier alpha value is -0.720. The minimum absolute atomic E-state index is 0.0585. The fourth-order valence-corrected chi connectivity index (χ4v) is 5.34. The molecular formula is C19H22BrClN2OS. The minimum atomic E-state index is 0.0585. The van der Waals surface area contributed by atoms with Gasteiger partial charge in [-0.15, -0.1) is 11.8 Å². The summed E-state index contributed by atoms with van der Waals surface area (Å²) in [7, 11) is 1.70. The van der Waals surface area contributed by atoms with Crippen molar-refractivity contribution in [1.82, 2.24) is 4.90 Å². The van der Waals surface area contributed by atoms with E-state index in [9.17, 15) is 0 Å². The molecule has 0 saturated carbocycles. The number of halogens is 2. The van der Waals surface area contributed by atoms with Crippen molar-refractivity contribution in [2.75, 3.05) is 20.2 Å². The summed E-state index contributed by atoms with van der Waals surface area (Å²) in [5, 5.41) is 0.783. The van der Waals surface area contributed by atoms with Crippen molar-refractivity contribution in [3.63, 3.8) is 0 Å². The molecule has 1 aliphatic heterocycles. The topological polar surface area (TPSA) is 38.5 Å². The summed E-state index contributed by atoms with van der Waals surface area (Å²) < 4.78 is 5.54. The Morgan fingerprint density at radius 3 is 2.84 bits per heavy atom. The molecule has 1 aliphatic rings. The number of hydrogen-bond donors (Lipinski definition) is 1. The number of para-hydroxylation sites is 1. The molecule has 134 valence electrons. The minimum Gasteiger partial charge on any atom is -0.496 e. The molecule has 0 amide bonds. The molecule has 0 spiro atoms. The van der Waals surface area contributed by atoms with Crippen LogP contribution in [-0.2, 0) is 6.54 Å². The standard InChI is InChI=1S/C19H22BrClN2OS/c1-24-17-8-3-2-6-15(17)19(20)25-18-13(5-4-7-16(18)21)11-23-10-9-14(22)12-23/h2-8,14,19H,9-12,22H2,1H3. The zero-order valence-electron chi connectivity index (χ0n) is 14.1. The van der Waals surface area contributed by atoms with Crippen LogP contribution in [0.3, 0.4) is 0 Å². The summed E-state index contributed by atoms with van der Waals surface area (Å²) in [5.74, 6) is 0.871. The van der Waals surface area contributed by atoms with E-state index in [1.54, 1.807) is 18.9 Å². The zero-order chi connectivity index (χ0) is 17.8. The van der Waals surface area contributed by atoms with E-state index in [4.69, 9.17) is 22.1 Å². The molecule has 3 nitrogen and oxygen atoms in total. The zero-order valence-corrected chi connectivity index (χ0v) is 17.3. The number of ether oxygens (including phenoxy) is 1. The molecular weight excluding hydrogens is 420 g/mol. The molecule has 3 rings (SSSR count). The Kier molecular flexibility index (Phi) is 6.69. The Morgan fingerprint density at radius 2 is 2.12 bits per heavy atom. The van der Waals surface area contributed by atoms with Crippen LogP contribution in [0.1, 0.15) is 21.7 Å². The summed E-state index contributed by atoms with van der Waals surface area (Å²) in [6, 6.07) is 14.4. The van der Waals surface area contributed by atoms with Crippen LogP contribution in [0.4, 0.5) is 0 Å². The fraction of sp³-hybridized carbons (Fsp3) is 0.368. The highest BCUT2D eigenvalue weighted by molar-refractivity contribution is 9.11. The molecule has 1 fully saturated rings. The second-order valence-electron chi connectivity index (χ2n) is 6.19. The number of methoxy groups -OCH3 is 1. The number of likely N-dealkylation sites (tertiary alicyclic amines) is 1. The third kappa shape index (κ3) is 4.72. The number of hydrogen-bond acceptors (Lipinski definition) is 4. The van der Waals surface area contributed by atoms with E-state index in [2.05, 4.69) is 33.0 Å². The lowest BCUT2D eigenvalue weighted by Crippen LogP contribution is -2.26. The van der Waals surface area contributed by atoms with E-state index in [0.29, 0.717) is 0 Å². The summed E-state index contributed by atoms with van der Waals surface area (Å²) >= 11 is 12.0. The lowest BCUT2D eigenvalue weighted by Gasteiger charge is -2.20. The molecule has 2 aromatic carbocycles. The Labute approximate surface area is 167 Å². The molecule has 2 atom stereocenters. The van der Waals surface area contributed by atoms with Gasteiger partial charge in [-0.05, 0) is 24.1 Å². The molecule has 0 bridgehead atoms. The quantitative estimate of drug-likeness (QED) is 0.502. The molecule has 0 aromatic heterocycles. The second kappa shape index (κ2) is 8.78.